The van der Waals surface area contributed by atoms with E-state index < -0.39 is 4.92 Å². The van der Waals surface area contributed by atoms with E-state index in [9.17, 15) is 14.9 Å². The van der Waals surface area contributed by atoms with Gasteiger partial charge < -0.3 is 10.1 Å². The SMILES string of the molecule is C=CCn1c(SCC(=O)Nc2nc(-c3ccc([N+](=O)[O-])cc3)cs2)nnc1-c1cc(-c2ccc(OC)cc2)nc2ccccc12. The number of non-ortho nitro benzene ring substituents is 1. The number of carbonyl (C=O) groups is 1. The molecule has 0 saturated carbocycles. The van der Waals surface area contributed by atoms with E-state index >= 15 is 0 Å². The van der Waals surface area contributed by atoms with E-state index in [0.717, 1.165) is 39.0 Å². The van der Waals surface area contributed by atoms with Crippen molar-refractivity contribution in [1.82, 2.24) is 24.7 Å². The second kappa shape index (κ2) is 13.1. The fourth-order valence-corrected chi connectivity index (χ4v) is 6.15. The fourth-order valence-electron chi connectivity index (χ4n) is 4.66. The van der Waals surface area contributed by atoms with Crippen LogP contribution in [0.1, 0.15) is 0 Å². The Kier molecular flexibility index (Phi) is 8.62. The minimum absolute atomic E-state index is 0.00166. The third-order valence-corrected chi connectivity index (χ3v) is 8.55. The number of hydrogen-bond donors (Lipinski definition) is 1. The Morgan fingerprint density at radius 3 is 2.51 bits per heavy atom. The first-order valence-electron chi connectivity index (χ1n) is 13.6. The number of aromatic nitrogens is 5. The highest BCUT2D eigenvalue weighted by molar-refractivity contribution is 7.99. The van der Waals surface area contributed by atoms with Gasteiger partial charge in [0, 0.05) is 46.1 Å². The number of benzene rings is 3. The zero-order valence-corrected chi connectivity index (χ0v) is 25.5. The van der Waals surface area contributed by atoms with Gasteiger partial charge in [0.25, 0.3) is 5.69 Å². The Bertz CT molecular complexity index is 2020. The van der Waals surface area contributed by atoms with Gasteiger partial charge in [0.05, 0.1) is 34.7 Å². The Balaban J connectivity index is 1.22. The van der Waals surface area contributed by atoms with Crippen LogP contribution in [0, 0.1) is 10.1 Å². The van der Waals surface area contributed by atoms with Crippen LogP contribution in [0.3, 0.4) is 0 Å². The molecule has 3 aromatic heterocycles. The van der Waals surface area contributed by atoms with Crippen molar-refractivity contribution in [3.63, 3.8) is 0 Å². The predicted octanol–water partition coefficient (Wildman–Crippen LogP) is 7.12. The molecule has 0 bridgehead atoms. The van der Waals surface area contributed by atoms with Crippen LogP contribution in [-0.4, -0.2) is 48.4 Å². The largest absolute Gasteiger partial charge is 0.497 e. The van der Waals surface area contributed by atoms with Crippen LogP contribution in [0.5, 0.6) is 5.75 Å². The molecule has 3 heterocycles. The number of para-hydroxylation sites is 1. The molecule has 13 heteroatoms. The van der Waals surface area contributed by atoms with Crippen molar-refractivity contribution in [2.45, 2.75) is 11.7 Å². The number of fused-ring (bicyclic) bond motifs is 1. The minimum Gasteiger partial charge on any atom is -0.497 e. The van der Waals surface area contributed by atoms with Crippen molar-refractivity contribution in [1.29, 1.82) is 0 Å². The summed E-state index contributed by atoms with van der Waals surface area (Å²) in [4.78, 5) is 32.7. The number of nitro groups is 1. The van der Waals surface area contributed by atoms with E-state index in [4.69, 9.17) is 9.72 Å². The van der Waals surface area contributed by atoms with Crippen LogP contribution in [0.2, 0.25) is 0 Å². The second-order valence-electron chi connectivity index (χ2n) is 9.68. The number of nitro benzene ring substituents is 1. The zero-order valence-electron chi connectivity index (χ0n) is 23.9. The molecule has 0 fully saturated rings. The van der Waals surface area contributed by atoms with Crippen molar-refractivity contribution in [2.24, 2.45) is 0 Å². The monoisotopic (exact) mass is 635 g/mol. The molecular weight excluding hydrogens is 611 g/mol. The lowest BCUT2D eigenvalue weighted by Gasteiger charge is -2.12. The van der Waals surface area contributed by atoms with Gasteiger partial charge in [0.1, 0.15) is 5.75 Å². The first kappa shape index (κ1) is 29.7. The average Bonchev–Trinajstić information content (AvgIpc) is 3.70. The van der Waals surface area contributed by atoms with Crippen LogP contribution >= 0.6 is 23.1 Å². The van der Waals surface area contributed by atoms with Crippen molar-refractivity contribution < 1.29 is 14.5 Å². The van der Waals surface area contributed by atoms with Crippen LogP contribution in [0.4, 0.5) is 10.8 Å². The van der Waals surface area contributed by atoms with Crippen molar-refractivity contribution >= 4 is 50.7 Å². The summed E-state index contributed by atoms with van der Waals surface area (Å²) in [7, 11) is 1.63. The highest BCUT2D eigenvalue weighted by Crippen LogP contribution is 2.34. The maximum absolute atomic E-state index is 12.9. The summed E-state index contributed by atoms with van der Waals surface area (Å²) in [5, 5.41) is 26.4. The summed E-state index contributed by atoms with van der Waals surface area (Å²) in [5.41, 5.74) is 4.73. The molecule has 0 aliphatic carbocycles. The number of thiazole rings is 1. The van der Waals surface area contributed by atoms with Gasteiger partial charge in [0.2, 0.25) is 5.91 Å². The number of thioether (sulfide) groups is 1. The Morgan fingerprint density at radius 1 is 1.04 bits per heavy atom. The molecule has 0 saturated heterocycles. The molecule has 0 atom stereocenters. The van der Waals surface area contributed by atoms with Gasteiger partial charge in [-0.25, -0.2) is 9.97 Å². The number of amides is 1. The lowest BCUT2D eigenvalue weighted by atomic mass is 10.0. The molecule has 11 nitrogen and oxygen atoms in total. The number of methoxy groups -OCH3 is 1. The van der Waals surface area contributed by atoms with E-state index in [1.54, 1.807) is 30.7 Å². The van der Waals surface area contributed by atoms with Gasteiger partial charge in [0.15, 0.2) is 16.1 Å². The van der Waals surface area contributed by atoms with Gasteiger partial charge in [-0.2, -0.15) is 0 Å². The van der Waals surface area contributed by atoms with E-state index in [2.05, 4.69) is 27.1 Å². The molecule has 0 spiro atoms. The second-order valence-corrected chi connectivity index (χ2v) is 11.5. The maximum Gasteiger partial charge on any atom is 0.269 e. The van der Waals surface area contributed by atoms with Crippen molar-refractivity contribution in [2.75, 3.05) is 18.2 Å². The Morgan fingerprint density at radius 2 is 1.78 bits per heavy atom. The quantitative estimate of drug-likeness (QED) is 0.0682. The molecular formula is C32H25N7O4S2. The molecule has 6 aromatic rings. The third kappa shape index (κ3) is 6.44. The summed E-state index contributed by atoms with van der Waals surface area (Å²) in [5.74, 6) is 1.22. The van der Waals surface area contributed by atoms with E-state index in [1.165, 1.54) is 35.2 Å². The smallest absolute Gasteiger partial charge is 0.269 e. The summed E-state index contributed by atoms with van der Waals surface area (Å²) in [6.07, 6.45) is 1.76. The lowest BCUT2D eigenvalue weighted by molar-refractivity contribution is -0.384. The van der Waals surface area contributed by atoms with Crippen LogP contribution in [0.25, 0.3) is 44.8 Å². The first-order valence-corrected chi connectivity index (χ1v) is 15.5. The lowest BCUT2D eigenvalue weighted by Crippen LogP contribution is -2.14. The molecule has 3 aromatic carbocycles. The van der Waals surface area contributed by atoms with Crippen LogP contribution in [0.15, 0.2) is 102 Å². The minimum atomic E-state index is -0.452. The first-order chi connectivity index (χ1) is 21.9. The van der Waals surface area contributed by atoms with E-state index in [-0.39, 0.29) is 17.3 Å². The standard InChI is InChI=1S/C32H25N7O4S2/c1-3-16-38-30(25-17-27(20-10-14-23(43-2)15-11-20)33-26-7-5-4-6-24(25)26)36-37-32(38)45-19-29(40)35-31-34-28(18-44-31)21-8-12-22(13-9-21)39(41)42/h3-15,17-18H,1,16,19H2,2H3,(H,34,35,40). The van der Waals surface area contributed by atoms with Gasteiger partial charge in [-0.15, -0.1) is 28.1 Å². The summed E-state index contributed by atoms with van der Waals surface area (Å²) in [6.45, 7) is 4.35. The molecule has 1 amide bonds. The highest BCUT2D eigenvalue weighted by atomic mass is 32.2. The topological polar surface area (TPSA) is 138 Å². The number of anilines is 1. The fraction of sp³-hybridized carbons (Fsp3) is 0.0938. The van der Waals surface area contributed by atoms with Crippen molar-refractivity contribution in [3.05, 3.63) is 107 Å². The van der Waals surface area contributed by atoms with E-state index in [0.29, 0.717) is 28.4 Å². The highest BCUT2D eigenvalue weighted by Gasteiger charge is 2.19. The zero-order chi connectivity index (χ0) is 31.3. The number of allylic oxidation sites excluding steroid dienone is 1. The van der Waals surface area contributed by atoms with Gasteiger partial charge in [-0.3, -0.25) is 19.5 Å². The van der Waals surface area contributed by atoms with Gasteiger partial charge >= 0.3 is 0 Å². The third-order valence-electron chi connectivity index (χ3n) is 6.83. The molecule has 6 rings (SSSR count). The van der Waals surface area contributed by atoms with E-state index in [1.807, 2.05) is 59.2 Å². The maximum atomic E-state index is 12.9. The van der Waals surface area contributed by atoms with Crippen LogP contribution in [-0.2, 0) is 11.3 Å². The van der Waals surface area contributed by atoms with Gasteiger partial charge in [-0.05, 0) is 48.5 Å². The van der Waals surface area contributed by atoms with Crippen molar-refractivity contribution in [3.8, 4) is 39.7 Å². The average molecular weight is 636 g/mol. The Hall–Kier alpha value is -5.40. The number of ether oxygens (including phenoxy) is 1. The molecule has 224 valence electrons. The Labute approximate surface area is 265 Å². The number of carbonyl (C=O) groups excluding carboxylic acids is 1. The molecule has 45 heavy (non-hydrogen) atoms. The normalized spacial score (nSPS) is 11.0. The molecule has 0 aliphatic rings. The summed E-state index contributed by atoms with van der Waals surface area (Å²) < 4.78 is 7.24. The number of nitrogens with one attached hydrogen (secondary N) is 1. The molecule has 0 radical (unpaired) electrons. The van der Waals surface area contributed by atoms with Gasteiger partial charge in [-0.1, -0.05) is 36.0 Å². The predicted molar refractivity (Wildman–Crippen MR) is 177 cm³/mol. The number of rotatable bonds is 11. The number of pyridine rings is 1. The summed E-state index contributed by atoms with van der Waals surface area (Å²) >= 11 is 2.53. The summed E-state index contributed by atoms with van der Waals surface area (Å²) in [6, 6.07) is 23.7. The van der Waals surface area contributed by atoms with Crippen LogP contribution < -0.4 is 10.1 Å². The number of nitrogens with zero attached hydrogens (tertiary/aromatic N) is 6. The molecule has 1 N–H and O–H groups in total. The number of hydrogen-bond acceptors (Lipinski definition) is 10. The molecule has 0 unspecified atom stereocenters. The molecule has 0 aliphatic heterocycles.